The average molecular weight is 331 g/mol. The molecular formula is C18H23ClN4. The number of aromatic nitrogens is 2. The first kappa shape index (κ1) is 16.1. The molecule has 1 aromatic carbocycles. The number of nitrogens with zero attached hydrogens (tertiary/aromatic N) is 2. The van der Waals surface area contributed by atoms with Crippen LogP contribution < -0.4 is 10.6 Å². The van der Waals surface area contributed by atoms with Gasteiger partial charge in [-0.05, 0) is 49.6 Å². The molecule has 1 fully saturated rings. The molecule has 1 aliphatic carbocycles. The SMILES string of the molecule is Cc1cc(Cl)ccc1Nc1nccc(NC2CCCCCC2)n1. The van der Waals surface area contributed by atoms with E-state index in [0.717, 1.165) is 22.1 Å². The van der Waals surface area contributed by atoms with E-state index in [-0.39, 0.29) is 0 Å². The zero-order valence-corrected chi connectivity index (χ0v) is 14.2. The van der Waals surface area contributed by atoms with Crippen molar-refractivity contribution in [2.75, 3.05) is 10.6 Å². The van der Waals surface area contributed by atoms with E-state index in [2.05, 4.69) is 20.6 Å². The fourth-order valence-corrected chi connectivity index (χ4v) is 3.25. The largest absolute Gasteiger partial charge is 0.367 e. The summed E-state index contributed by atoms with van der Waals surface area (Å²) in [6, 6.07) is 8.21. The molecule has 0 bridgehead atoms. The van der Waals surface area contributed by atoms with Crippen LogP contribution in [-0.4, -0.2) is 16.0 Å². The van der Waals surface area contributed by atoms with E-state index in [4.69, 9.17) is 11.6 Å². The maximum Gasteiger partial charge on any atom is 0.229 e. The number of aryl methyl sites for hydroxylation is 1. The lowest BCUT2D eigenvalue weighted by molar-refractivity contribution is 0.617. The van der Waals surface area contributed by atoms with Gasteiger partial charge in [-0.15, -0.1) is 0 Å². The molecule has 1 saturated carbocycles. The van der Waals surface area contributed by atoms with Gasteiger partial charge < -0.3 is 10.6 Å². The van der Waals surface area contributed by atoms with Gasteiger partial charge in [0, 0.05) is 22.9 Å². The van der Waals surface area contributed by atoms with Crippen molar-refractivity contribution in [1.82, 2.24) is 9.97 Å². The van der Waals surface area contributed by atoms with Crippen LogP contribution in [0.15, 0.2) is 30.5 Å². The number of halogens is 1. The van der Waals surface area contributed by atoms with Crippen molar-refractivity contribution in [2.24, 2.45) is 0 Å². The highest BCUT2D eigenvalue weighted by atomic mass is 35.5. The van der Waals surface area contributed by atoms with E-state index in [0.29, 0.717) is 12.0 Å². The Kier molecular flexibility index (Phi) is 5.34. The summed E-state index contributed by atoms with van der Waals surface area (Å²) in [5.41, 5.74) is 2.05. The number of rotatable bonds is 4. The molecular weight excluding hydrogens is 308 g/mol. The Morgan fingerprint density at radius 2 is 1.87 bits per heavy atom. The molecule has 4 nitrogen and oxygen atoms in total. The first-order valence-corrected chi connectivity index (χ1v) is 8.71. The van der Waals surface area contributed by atoms with Crippen molar-refractivity contribution < 1.29 is 0 Å². The molecule has 23 heavy (non-hydrogen) atoms. The van der Waals surface area contributed by atoms with Gasteiger partial charge in [0.1, 0.15) is 5.82 Å². The van der Waals surface area contributed by atoms with Gasteiger partial charge in [0.2, 0.25) is 5.95 Å². The van der Waals surface area contributed by atoms with Gasteiger partial charge in [-0.3, -0.25) is 0 Å². The number of nitrogens with one attached hydrogen (secondary N) is 2. The molecule has 0 radical (unpaired) electrons. The standard InChI is InChI=1S/C18H23ClN4/c1-13-12-14(19)8-9-16(13)22-18-20-11-10-17(23-18)21-15-6-4-2-3-5-7-15/h8-12,15H,2-7H2,1H3,(H2,20,21,22,23). The maximum atomic E-state index is 6.00. The van der Waals surface area contributed by atoms with E-state index in [1.54, 1.807) is 6.20 Å². The lowest BCUT2D eigenvalue weighted by atomic mass is 10.1. The summed E-state index contributed by atoms with van der Waals surface area (Å²) < 4.78 is 0. The van der Waals surface area contributed by atoms with Crippen LogP contribution in [0.3, 0.4) is 0 Å². The lowest BCUT2D eigenvalue weighted by Crippen LogP contribution is -2.19. The molecule has 0 aliphatic heterocycles. The Labute approximate surface area is 142 Å². The number of benzene rings is 1. The second-order valence-electron chi connectivity index (χ2n) is 6.18. The maximum absolute atomic E-state index is 6.00. The molecule has 3 rings (SSSR count). The van der Waals surface area contributed by atoms with Crippen LogP contribution in [0, 0.1) is 6.92 Å². The summed E-state index contributed by atoms with van der Waals surface area (Å²) in [4.78, 5) is 8.90. The van der Waals surface area contributed by atoms with Crippen LogP contribution in [0.2, 0.25) is 5.02 Å². The minimum atomic E-state index is 0.525. The Bertz CT molecular complexity index is 651. The highest BCUT2D eigenvalue weighted by Gasteiger charge is 2.12. The first-order valence-electron chi connectivity index (χ1n) is 8.33. The quantitative estimate of drug-likeness (QED) is 0.745. The number of hydrogen-bond acceptors (Lipinski definition) is 4. The van der Waals surface area contributed by atoms with Crippen molar-refractivity contribution in [2.45, 2.75) is 51.5 Å². The van der Waals surface area contributed by atoms with Crippen molar-refractivity contribution in [3.05, 3.63) is 41.0 Å². The number of anilines is 3. The van der Waals surface area contributed by atoms with Gasteiger partial charge in [-0.25, -0.2) is 4.98 Å². The third-order valence-corrected chi connectivity index (χ3v) is 4.53. The summed E-state index contributed by atoms with van der Waals surface area (Å²) in [5, 5.41) is 7.56. The van der Waals surface area contributed by atoms with Crippen LogP contribution in [0.4, 0.5) is 17.5 Å². The fraction of sp³-hybridized carbons (Fsp3) is 0.444. The predicted molar refractivity (Wildman–Crippen MR) is 96.6 cm³/mol. The fourth-order valence-electron chi connectivity index (χ4n) is 3.02. The monoisotopic (exact) mass is 330 g/mol. The van der Waals surface area contributed by atoms with Gasteiger partial charge in [-0.1, -0.05) is 37.3 Å². The highest BCUT2D eigenvalue weighted by molar-refractivity contribution is 6.30. The molecule has 5 heteroatoms. The van der Waals surface area contributed by atoms with Gasteiger partial charge in [0.05, 0.1) is 0 Å². The smallest absolute Gasteiger partial charge is 0.229 e. The van der Waals surface area contributed by atoms with E-state index in [1.807, 2.05) is 31.2 Å². The van der Waals surface area contributed by atoms with E-state index in [9.17, 15) is 0 Å². The van der Waals surface area contributed by atoms with Crippen LogP contribution in [0.5, 0.6) is 0 Å². The zero-order chi connectivity index (χ0) is 16.1. The van der Waals surface area contributed by atoms with Crippen molar-refractivity contribution >= 4 is 29.1 Å². The molecule has 1 aliphatic rings. The van der Waals surface area contributed by atoms with Gasteiger partial charge in [0.15, 0.2) is 0 Å². The van der Waals surface area contributed by atoms with Crippen LogP contribution in [-0.2, 0) is 0 Å². The van der Waals surface area contributed by atoms with Crippen LogP contribution >= 0.6 is 11.6 Å². The minimum absolute atomic E-state index is 0.525. The molecule has 0 amide bonds. The first-order chi connectivity index (χ1) is 11.2. The van der Waals surface area contributed by atoms with E-state index >= 15 is 0 Å². The molecule has 122 valence electrons. The average Bonchev–Trinajstić information content (AvgIpc) is 2.79. The Hall–Kier alpha value is -1.81. The molecule has 1 aromatic heterocycles. The Balaban J connectivity index is 1.69. The molecule has 2 aromatic rings. The van der Waals surface area contributed by atoms with Crippen LogP contribution in [0.1, 0.15) is 44.1 Å². The second kappa shape index (κ2) is 7.64. The summed E-state index contributed by atoms with van der Waals surface area (Å²) in [6.07, 6.45) is 9.55. The molecule has 0 saturated heterocycles. The highest BCUT2D eigenvalue weighted by Crippen LogP contribution is 2.23. The Morgan fingerprint density at radius 1 is 1.09 bits per heavy atom. The molecule has 0 unspecified atom stereocenters. The predicted octanol–water partition coefficient (Wildman–Crippen LogP) is 5.32. The van der Waals surface area contributed by atoms with Crippen molar-refractivity contribution in [3.8, 4) is 0 Å². The van der Waals surface area contributed by atoms with E-state index in [1.165, 1.54) is 38.5 Å². The van der Waals surface area contributed by atoms with Gasteiger partial charge in [0.25, 0.3) is 0 Å². The molecule has 0 spiro atoms. The topological polar surface area (TPSA) is 49.8 Å². The third-order valence-electron chi connectivity index (χ3n) is 4.30. The van der Waals surface area contributed by atoms with Gasteiger partial charge in [-0.2, -0.15) is 4.98 Å². The van der Waals surface area contributed by atoms with Crippen LogP contribution in [0.25, 0.3) is 0 Å². The Morgan fingerprint density at radius 3 is 2.61 bits per heavy atom. The third kappa shape index (κ3) is 4.58. The van der Waals surface area contributed by atoms with E-state index < -0.39 is 0 Å². The summed E-state index contributed by atoms with van der Waals surface area (Å²) in [6.45, 7) is 2.02. The normalized spacial score (nSPS) is 15.9. The zero-order valence-electron chi connectivity index (χ0n) is 13.5. The van der Waals surface area contributed by atoms with Crippen molar-refractivity contribution in [1.29, 1.82) is 0 Å². The minimum Gasteiger partial charge on any atom is -0.367 e. The van der Waals surface area contributed by atoms with Gasteiger partial charge >= 0.3 is 0 Å². The summed E-state index contributed by atoms with van der Waals surface area (Å²) in [5.74, 6) is 1.50. The molecule has 0 atom stereocenters. The number of hydrogen-bond donors (Lipinski definition) is 2. The van der Waals surface area contributed by atoms with Crippen molar-refractivity contribution in [3.63, 3.8) is 0 Å². The summed E-state index contributed by atoms with van der Waals surface area (Å²) >= 11 is 6.00. The molecule has 2 N–H and O–H groups in total. The lowest BCUT2D eigenvalue weighted by Gasteiger charge is -2.17. The summed E-state index contributed by atoms with van der Waals surface area (Å²) in [7, 11) is 0. The second-order valence-corrected chi connectivity index (χ2v) is 6.62. The molecule has 1 heterocycles.